The van der Waals surface area contributed by atoms with Crippen LogP contribution in [0.15, 0.2) is 65.6 Å². The molecule has 1 heterocycles. The van der Waals surface area contributed by atoms with Crippen LogP contribution in [-0.2, 0) is 49.6 Å². The Morgan fingerprint density at radius 2 is 1.37 bits per heavy atom. The molecule has 0 aliphatic carbocycles. The summed E-state index contributed by atoms with van der Waals surface area (Å²) < 4.78 is 66.0. The normalized spacial score (nSPS) is 24.9. The lowest BCUT2D eigenvalue weighted by molar-refractivity contribution is -0.329. The van der Waals surface area contributed by atoms with E-state index in [2.05, 4.69) is 0 Å². The molecule has 0 saturated carbocycles. The van der Waals surface area contributed by atoms with Gasteiger partial charge in [-0.15, -0.1) is 0 Å². The van der Waals surface area contributed by atoms with Crippen LogP contribution in [0, 0.1) is 0 Å². The highest BCUT2D eigenvalue weighted by atomic mass is 32.2. The van der Waals surface area contributed by atoms with Crippen LogP contribution in [-0.4, -0.2) is 79.8 Å². The van der Waals surface area contributed by atoms with Gasteiger partial charge >= 0.3 is 0 Å². The maximum atomic E-state index is 13.0. The molecular formula is C25H34O9S. The third kappa shape index (κ3) is 7.80. The first-order valence-electron chi connectivity index (χ1n) is 11.3. The first kappa shape index (κ1) is 27.7. The van der Waals surface area contributed by atoms with Crippen molar-refractivity contribution in [2.75, 3.05) is 40.7 Å². The lowest BCUT2D eigenvalue weighted by Gasteiger charge is -2.45. The van der Waals surface area contributed by atoms with Crippen LogP contribution in [0.1, 0.15) is 12.0 Å². The van der Waals surface area contributed by atoms with Crippen LogP contribution in [0.25, 0.3) is 0 Å². The number of rotatable bonds is 14. The minimum Gasteiger partial charge on any atom is -0.368 e. The predicted molar refractivity (Wildman–Crippen MR) is 127 cm³/mol. The molecule has 194 valence electrons. The molecule has 0 N–H and O–H groups in total. The molecule has 1 saturated heterocycles. The smallest absolute Gasteiger partial charge is 0.186 e. The molecule has 35 heavy (non-hydrogen) atoms. The molecule has 0 amide bonds. The molecule has 10 heteroatoms. The van der Waals surface area contributed by atoms with Gasteiger partial charge in [0.1, 0.15) is 31.9 Å². The van der Waals surface area contributed by atoms with Gasteiger partial charge in [-0.2, -0.15) is 0 Å². The van der Waals surface area contributed by atoms with Crippen molar-refractivity contribution in [2.45, 2.75) is 48.6 Å². The summed E-state index contributed by atoms with van der Waals surface area (Å²) in [5.41, 5.74) is 0.955. The number of hydrogen-bond acceptors (Lipinski definition) is 9. The van der Waals surface area contributed by atoms with Crippen molar-refractivity contribution < 1.29 is 41.6 Å². The van der Waals surface area contributed by atoms with Crippen molar-refractivity contribution in [3.05, 3.63) is 66.2 Å². The predicted octanol–water partition coefficient (Wildman–Crippen LogP) is 2.79. The fourth-order valence-corrected chi connectivity index (χ4v) is 5.29. The van der Waals surface area contributed by atoms with E-state index in [1.54, 1.807) is 30.3 Å². The molecule has 1 fully saturated rings. The minimum absolute atomic E-state index is 0.0147. The largest absolute Gasteiger partial charge is 0.368 e. The summed E-state index contributed by atoms with van der Waals surface area (Å²) in [6.07, 6.45) is -3.33. The zero-order valence-electron chi connectivity index (χ0n) is 20.3. The average molecular weight is 511 g/mol. The van der Waals surface area contributed by atoms with Crippen LogP contribution in [0.2, 0.25) is 0 Å². The standard InChI is InChI=1S/C25H34O9S/c1-28-17-32-23-22(31-16-19-10-6-4-7-11-19)21(34-25(30-3)24(23)33-18-29-2)14-15-35(26,27)20-12-8-5-9-13-20/h4-13,21-25H,14-18H2,1-3H3/t21-,22-,23+,24-,25+/m1/s1. The number of benzene rings is 2. The van der Waals surface area contributed by atoms with Crippen LogP contribution in [0.4, 0.5) is 0 Å². The number of ether oxygens (including phenoxy) is 7. The summed E-state index contributed by atoms with van der Waals surface area (Å²) in [6.45, 7) is 0.242. The monoisotopic (exact) mass is 510 g/mol. The van der Waals surface area contributed by atoms with Crippen LogP contribution in [0.3, 0.4) is 0 Å². The fourth-order valence-electron chi connectivity index (χ4n) is 3.94. The van der Waals surface area contributed by atoms with E-state index in [0.717, 1.165) is 5.56 Å². The molecular weight excluding hydrogens is 476 g/mol. The highest BCUT2D eigenvalue weighted by Crippen LogP contribution is 2.31. The van der Waals surface area contributed by atoms with Gasteiger partial charge in [0.2, 0.25) is 0 Å². The van der Waals surface area contributed by atoms with Gasteiger partial charge in [-0.25, -0.2) is 8.42 Å². The Morgan fingerprint density at radius 3 is 1.97 bits per heavy atom. The highest BCUT2D eigenvalue weighted by Gasteiger charge is 2.48. The van der Waals surface area contributed by atoms with Gasteiger partial charge in [0.05, 0.1) is 23.4 Å². The molecule has 0 radical (unpaired) electrons. The Labute approximate surface area is 207 Å². The minimum atomic E-state index is -3.53. The summed E-state index contributed by atoms with van der Waals surface area (Å²) >= 11 is 0. The van der Waals surface area contributed by atoms with E-state index in [0.29, 0.717) is 0 Å². The van der Waals surface area contributed by atoms with Crippen molar-refractivity contribution >= 4 is 9.84 Å². The first-order valence-corrected chi connectivity index (χ1v) is 13.0. The van der Waals surface area contributed by atoms with Gasteiger partial charge in [-0.1, -0.05) is 48.5 Å². The van der Waals surface area contributed by atoms with Crippen LogP contribution in [0.5, 0.6) is 0 Å². The lowest BCUT2D eigenvalue weighted by Crippen LogP contribution is -2.61. The molecule has 2 aromatic carbocycles. The van der Waals surface area contributed by atoms with Crippen molar-refractivity contribution in [3.8, 4) is 0 Å². The summed E-state index contributed by atoms with van der Waals surface area (Å²) in [6, 6.07) is 18.0. The van der Waals surface area contributed by atoms with Crippen LogP contribution < -0.4 is 0 Å². The van der Waals surface area contributed by atoms with Gasteiger partial charge in [-0.3, -0.25) is 0 Å². The first-order chi connectivity index (χ1) is 17.0. The van der Waals surface area contributed by atoms with Gasteiger partial charge < -0.3 is 33.2 Å². The second-order valence-electron chi connectivity index (χ2n) is 8.04. The van der Waals surface area contributed by atoms with E-state index in [1.165, 1.54) is 21.3 Å². The van der Waals surface area contributed by atoms with E-state index in [-0.39, 0.29) is 37.3 Å². The molecule has 9 nitrogen and oxygen atoms in total. The van der Waals surface area contributed by atoms with E-state index < -0.39 is 40.5 Å². The van der Waals surface area contributed by atoms with Crippen LogP contribution >= 0.6 is 0 Å². The summed E-state index contributed by atoms with van der Waals surface area (Å²) in [5.74, 6) is -0.135. The average Bonchev–Trinajstić information content (AvgIpc) is 2.89. The molecule has 0 bridgehead atoms. The Balaban J connectivity index is 1.85. The van der Waals surface area contributed by atoms with E-state index in [9.17, 15) is 8.42 Å². The summed E-state index contributed by atoms with van der Waals surface area (Å²) in [4.78, 5) is 0.259. The fraction of sp³-hybridized carbons (Fsp3) is 0.520. The summed E-state index contributed by atoms with van der Waals surface area (Å²) in [7, 11) is 0.987. The topological polar surface area (TPSA) is 98.8 Å². The molecule has 1 aliphatic rings. The number of sulfone groups is 1. The second kappa shape index (κ2) is 14.0. The molecule has 0 spiro atoms. The van der Waals surface area contributed by atoms with Gasteiger partial charge in [0.25, 0.3) is 0 Å². The zero-order valence-corrected chi connectivity index (χ0v) is 21.1. The molecule has 2 aromatic rings. The molecule has 3 rings (SSSR count). The van der Waals surface area contributed by atoms with Gasteiger partial charge in [0, 0.05) is 21.3 Å². The quantitative estimate of drug-likeness (QED) is 0.355. The Hall–Kier alpha value is -1.89. The summed E-state index contributed by atoms with van der Waals surface area (Å²) in [5, 5.41) is 0. The van der Waals surface area contributed by atoms with E-state index in [4.69, 9.17) is 33.2 Å². The van der Waals surface area contributed by atoms with Gasteiger partial charge in [-0.05, 0) is 24.1 Å². The maximum Gasteiger partial charge on any atom is 0.186 e. The third-order valence-corrected chi connectivity index (χ3v) is 7.40. The SMILES string of the molecule is COCO[C@@H]1[C@@H](OCOC)[C@@H](OC)O[C@H](CCS(=O)(=O)c2ccccc2)[C@H]1OCc1ccccc1. The number of methoxy groups -OCH3 is 3. The molecule has 1 aliphatic heterocycles. The lowest BCUT2D eigenvalue weighted by atomic mass is 9.96. The highest BCUT2D eigenvalue weighted by molar-refractivity contribution is 7.91. The maximum absolute atomic E-state index is 13.0. The van der Waals surface area contributed by atoms with Crippen molar-refractivity contribution in [1.82, 2.24) is 0 Å². The van der Waals surface area contributed by atoms with E-state index in [1.807, 2.05) is 30.3 Å². The van der Waals surface area contributed by atoms with Crippen molar-refractivity contribution in [2.24, 2.45) is 0 Å². The number of hydrogen-bond donors (Lipinski definition) is 0. The zero-order chi connectivity index (χ0) is 25.1. The van der Waals surface area contributed by atoms with Crippen molar-refractivity contribution in [3.63, 3.8) is 0 Å². The van der Waals surface area contributed by atoms with Crippen molar-refractivity contribution in [1.29, 1.82) is 0 Å². The second-order valence-corrected chi connectivity index (χ2v) is 10.1. The third-order valence-electron chi connectivity index (χ3n) is 5.64. The Kier molecular flexibility index (Phi) is 11.1. The molecule has 0 unspecified atom stereocenters. The van der Waals surface area contributed by atoms with Gasteiger partial charge in [0.15, 0.2) is 16.1 Å². The van der Waals surface area contributed by atoms with E-state index >= 15 is 0 Å². The molecule has 0 aromatic heterocycles. The molecule has 5 atom stereocenters. The Bertz CT molecular complexity index is 955. The Morgan fingerprint density at radius 1 is 0.771 bits per heavy atom.